The molecular weight excluding hydrogens is 614 g/mol. The molecule has 1 saturated carbocycles. The number of likely N-dealkylation sites (tertiary alicyclic amines) is 2. The normalized spacial score (nSPS) is 22.9. The van der Waals surface area contributed by atoms with Crippen molar-refractivity contribution in [1.82, 2.24) is 24.8 Å². The summed E-state index contributed by atoms with van der Waals surface area (Å²) >= 11 is 0. The van der Waals surface area contributed by atoms with Gasteiger partial charge in [-0.15, -0.1) is 0 Å². The van der Waals surface area contributed by atoms with Crippen molar-refractivity contribution in [1.29, 1.82) is 0 Å². The van der Waals surface area contributed by atoms with Gasteiger partial charge in [-0.05, 0) is 125 Å². The highest BCUT2D eigenvalue weighted by molar-refractivity contribution is 5.97. The molecule has 0 unspecified atom stereocenters. The monoisotopic (exact) mass is 665 g/mol. The van der Waals surface area contributed by atoms with Crippen molar-refractivity contribution < 1.29 is 9.53 Å². The van der Waals surface area contributed by atoms with Gasteiger partial charge in [-0.1, -0.05) is 6.07 Å². The third-order valence-corrected chi connectivity index (χ3v) is 12.2. The molecule has 4 aliphatic heterocycles. The first kappa shape index (κ1) is 32.4. The number of pyridine rings is 1. The van der Waals surface area contributed by atoms with Crippen LogP contribution in [0.25, 0.3) is 11.4 Å². The van der Waals surface area contributed by atoms with Crippen molar-refractivity contribution in [2.45, 2.75) is 70.4 Å². The first-order valence-electron chi connectivity index (χ1n) is 18.3. The van der Waals surface area contributed by atoms with Crippen LogP contribution >= 0.6 is 0 Å². The second kappa shape index (κ2) is 13.2. The Kier molecular flexibility index (Phi) is 8.70. The van der Waals surface area contributed by atoms with E-state index >= 15 is 0 Å². The molecule has 260 valence electrons. The Morgan fingerprint density at radius 1 is 0.898 bits per heavy atom. The largest absolute Gasteiger partial charge is 0.381 e. The van der Waals surface area contributed by atoms with Gasteiger partial charge in [-0.2, -0.15) is 0 Å². The maximum absolute atomic E-state index is 12.8. The number of nitrogens with zero attached hydrogens (tertiary/aromatic N) is 6. The Labute approximate surface area is 290 Å². The lowest BCUT2D eigenvalue weighted by Gasteiger charge is -2.57. The van der Waals surface area contributed by atoms with Gasteiger partial charge in [-0.3, -0.25) is 14.7 Å². The number of piperidine rings is 2. The number of amides is 1. The Morgan fingerprint density at radius 2 is 1.61 bits per heavy atom. The maximum atomic E-state index is 12.8. The van der Waals surface area contributed by atoms with Crippen molar-refractivity contribution >= 4 is 28.9 Å². The van der Waals surface area contributed by atoms with Gasteiger partial charge in [0.05, 0.1) is 5.69 Å². The summed E-state index contributed by atoms with van der Waals surface area (Å²) in [6.45, 7) is 10.9. The fourth-order valence-electron chi connectivity index (χ4n) is 9.05. The number of hydrogen-bond acceptors (Lipinski definition) is 10. The Bertz CT molecular complexity index is 1640. The van der Waals surface area contributed by atoms with E-state index in [1.165, 1.54) is 57.5 Å². The standard InChI is InChI=1S/C38H51N9O2/c1-26-4-3-15-40-31(26)32-35(42-28-22-37(23-28)13-20-49-21-14-37)44-36(33(43-32)34(39)48)41-27-5-7-29(8-6-27)46-16-9-30(10-17-46)47-24-38(25-47)11-18-45(2)19-12-38/h3-8,15,28,30H,9-14,16-25H2,1-2H3,(H2,39,48)(H2,41,42,44). The van der Waals surface area contributed by atoms with E-state index in [-0.39, 0.29) is 11.7 Å². The van der Waals surface area contributed by atoms with Gasteiger partial charge in [0.15, 0.2) is 17.3 Å². The first-order chi connectivity index (χ1) is 23.8. The van der Waals surface area contributed by atoms with E-state index in [0.717, 1.165) is 63.2 Å². The van der Waals surface area contributed by atoms with Gasteiger partial charge in [-0.25, -0.2) is 9.97 Å². The fourth-order valence-corrected chi connectivity index (χ4v) is 9.05. The summed E-state index contributed by atoms with van der Waals surface area (Å²) in [7, 11) is 2.25. The molecule has 4 N–H and O–H groups in total. The molecule has 1 aliphatic carbocycles. The summed E-state index contributed by atoms with van der Waals surface area (Å²) < 4.78 is 5.63. The van der Waals surface area contributed by atoms with Crippen LogP contribution in [0.2, 0.25) is 0 Å². The zero-order chi connectivity index (χ0) is 33.6. The third kappa shape index (κ3) is 6.60. The Balaban J connectivity index is 0.952. The van der Waals surface area contributed by atoms with Crippen LogP contribution in [0.3, 0.4) is 0 Å². The second-order valence-corrected chi connectivity index (χ2v) is 15.6. The van der Waals surface area contributed by atoms with E-state index in [2.05, 4.69) is 61.6 Å². The molecule has 1 aromatic carbocycles. The van der Waals surface area contributed by atoms with Gasteiger partial charge in [0.2, 0.25) is 0 Å². The molecule has 0 bridgehead atoms. The highest BCUT2D eigenvalue weighted by Gasteiger charge is 2.47. The molecular formula is C38H51N9O2. The lowest BCUT2D eigenvalue weighted by atomic mass is 9.61. The van der Waals surface area contributed by atoms with E-state index in [9.17, 15) is 4.79 Å². The van der Waals surface area contributed by atoms with E-state index < -0.39 is 5.91 Å². The zero-order valence-corrected chi connectivity index (χ0v) is 29.1. The summed E-state index contributed by atoms with van der Waals surface area (Å²) in [4.78, 5) is 34.9. The Morgan fingerprint density at radius 3 is 2.29 bits per heavy atom. The minimum atomic E-state index is -0.635. The molecule has 6 heterocycles. The van der Waals surface area contributed by atoms with Crippen LogP contribution in [0.5, 0.6) is 0 Å². The second-order valence-electron chi connectivity index (χ2n) is 15.6. The predicted octanol–water partition coefficient (Wildman–Crippen LogP) is 5.06. The summed E-state index contributed by atoms with van der Waals surface area (Å²) in [6.07, 6.45) is 11.2. The molecule has 2 aromatic heterocycles. The molecule has 4 saturated heterocycles. The predicted molar refractivity (Wildman–Crippen MR) is 193 cm³/mol. The van der Waals surface area contributed by atoms with Gasteiger partial charge in [0, 0.05) is 69.0 Å². The summed E-state index contributed by atoms with van der Waals surface area (Å²) in [5, 5.41) is 7.04. The molecule has 2 spiro atoms. The number of hydrogen-bond donors (Lipinski definition) is 3. The average molecular weight is 666 g/mol. The lowest BCUT2D eigenvalue weighted by molar-refractivity contribution is -0.0704. The van der Waals surface area contributed by atoms with Crippen molar-refractivity contribution in [2.75, 3.05) is 75.1 Å². The summed E-state index contributed by atoms with van der Waals surface area (Å²) in [5.74, 6) is 0.326. The highest BCUT2D eigenvalue weighted by atomic mass is 16.5. The maximum Gasteiger partial charge on any atom is 0.271 e. The number of carbonyl (C=O) groups excluding carboxylic acids is 1. The number of nitrogens with one attached hydrogen (secondary N) is 2. The number of nitrogens with two attached hydrogens (primary N) is 1. The number of benzene rings is 1. The molecule has 1 amide bonds. The van der Waals surface area contributed by atoms with Crippen LogP contribution in [0, 0.1) is 17.8 Å². The summed E-state index contributed by atoms with van der Waals surface area (Å²) in [6, 6.07) is 13.3. The summed E-state index contributed by atoms with van der Waals surface area (Å²) in [5.41, 5.74) is 11.2. The first-order valence-corrected chi connectivity index (χ1v) is 18.3. The number of ether oxygens (including phenoxy) is 1. The minimum absolute atomic E-state index is 0.0966. The van der Waals surface area contributed by atoms with Crippen LogP contribution in [0.15, 0.2) is 42.6 Å². The van der Waals surface area contributed by atoms with Gasteiger partial charge in [0.25, 0.3) is 5.91 Å². The molecule has 0 atom stereocenters. The van der Waals surface area contributed by atoms with Crippen molar-refractivity contribution in [2.24, 2.45) is 16.6 Å². The van der Waals surface area contributed by atoms with Crippen molar-refractivity contribution in [3.8, 4) is 11.4 Å². The van der Waals surface area contributed by atoms with Crippen LogP contribution in [-0.2, 0) is 4.74 Å². The minimum Gasteiger partial charge on any atom is -0.381 e. The zero-order valence-electron chi connectivity index (χ0n) is 29.1. The molecule has 5 fully saturated rings. The molecule has 11 heteroatoms. The molecule has 0 radical (unpaired) electrons. The van der Waals surface area contributed by atoms with Crippen molar-refractivity contribution in [3.05, 3.63) is 53.9 Å². The van der Waals surface area contributed by atoms with E-state index in [4.69, 9.17) is 20.4 Å². The SMILES string of the molecule is Cc1cccnc1-c1nc(C(N)=O)c(Nc2ccc(N3CCC(N4CC5(CCN(C)CC5)C4)CC3)cc2)nc1NC1CC2(CCOCC2)C1. The van der Waals surface area contributed by atoms with E-state index in [1.807, 2.05) is 19.1 Å². The van der Waals surface area contributed by atoms with Crippen LogP contribution in [-0.4, -0.2) is 102 Å². The number of aromatic nitrogens is 3. The van der Waals surface area contributed by atoms with Gasteiger partial charge >= 0.3 is 0 Å². The highest BCUT2D eigenvalue weighted by Crippen LogP contribution is 2.50. The smallest absolute Gasteiger partial charge is 0.271 e. The van der Waals surface area contributed by atoms with Crippen LogP contribution in [0.4, 0.5) is 23.0 Å². The number of carbonyl (C=O) groups is 1. The number of aryl methyl sites for hydroxylation is 1. The average Bonchev–Trinajstić information content (AvgIpc) is 3.08. The van der Waals surface area contributed by atoms with Gasteiger partial charge in [0.1, 0.15) is 5.69 Å². The third-order valence-electron chi connectivity index (χ3n) is 12.2. The molecule has 49 heavy (non-hydrogen) atoms. The molecule has 8 rings (SSSR count). The number of anilines is 4. The van der Waals surface area contributed by atoms with Crippen LogP contribution < -0.4 is 21.3 Å². The quantitative estimate of drug-likeness (QED) is 0.301. The van der Waals surface area contributed by atoms with Crippen molar-refractivity contribution in [3.63, 3.8) is 0 Å². The topological polar surface area (TPSA) is 125 Å². The fraction of sp³-hybridized carbons (Fsp3) is 0.579. The Hall–Kier alpha value is -3.80. The lowest BCUT2D eigenvalue weighted by Crippen LogP contribution is -2.63. The molecule has 5 aliphatic rings. The molecule has 11 nitrogen and oxygen atoms in total. The van der Waals surface area contributed by atoms with E-state index in [0.29, 0.717) is 39.9 Å². The van der Waals surface area contributed by atoms with Gasteiger partial charge < -0.3 is 30.9 Å². The molecule has 3 aromatic rings. The number of rotatable bonds is 8. The number of primary amides is 1. The van der Waals surface area contributed by atoms with Crippen LogP contribution in [0.1, 0.15) is 67.4 Å². The van der Waals surface area contributed by atoms with E-state index in [1.54, 1.807) is 6.20 Å².